The second-order valence-electron chi connectivity index (χ2n) is 2.58. The molecule has 2 N–H and O–H groups in total. The fourth-order valence-corrected chi connectivity index (χ4v) is 1.00. The number of thiocarbonyl (C=S) groups is 1. The summed E-state index contributed by atoms with van der Waals surface area (Å²) in [4.78, 5) is 4.77. The van der Waals surface area contributed by atoms with E-state index in [0.29, 0.717) is 0 Å². The van der Waals surface area contributed by atoms with Crippen LogP contribution in [-0.2, 0) is 4.84 Å². The van der Waals surface area contributed by atoms with Gasteiger partial charge in [-0.2, -0.15) is 0 Å². The zero-order chi connectivity index (χ0) is 11.1. The van der Waals surface area contributed by atoms with E-state index in [1.165, 1.54) is 7.11 Å². The summed E-state index contributed by atoms with van der Waals surface area (Å²) in [6.45, 7) is 0. The lowest BCUT2D eigenvalue weighted by Gasteiger charge is -2.09. The molecule has 78 valence electrons. The predicted octanol–water partition coefficient (Wildman–Crippen LogP) is 1.39. The van der Waals surface area contributed by atoms with Crippen LogP contribution in [0.25, 0.3) is 6.08 Å². The number of nitrogens with two attached hydrogens (primary N) is 1. The van der Waals surface area contributed by atoms with Crippen LogP contribution in [0, 0.1) is 0 Å². The first-order valence-electron chi connectivity index (χ1n) is 4.22. The van der Waals surface area contributed by atoms with Crippen molar-refractivity contribution in [3.05, 3.63) is 35.9 Å². The van der Waals surface area contributed by atoms with Gasteiger partial charge in [-0.05, 0) is 17.8 Å². The molecule has 1 aromatic carbocycles. The summed E-state index contributed by atoms with van der Waals surface area (Å²) in [6, 6.07) is 9.65. The lowest BCUT2D eigenvalue weighted by Crippen LogP contribution is -2.29. The molecule has 1 aromatic rings. The molecule has 0 atom stereocenters. The van der Waals surface area contributed by atoms with E-state index < -0.39 is 0 Å². The summed E-state index contributed by atoms with van der Waals surface area (Å²) in [5.74, 6) is 2.67. The van der Waals surface area contributed by atoms with Crippen LogP contribution in [0.5, 0.6) is 0 Å². The first-order chi connectivity index (χ1) is 7.24. The molecule has 0 aliphatic carbocycles. The van der Waals surface area contributed by atoms with Crippen LogP contribution in [-0.4, -0.2) is 23.3 Å². The van der Waals surface area contributed by atoms with E-state index in [-0.39, 0.29) is 5.11 Å². The van der Waals surface area contributed by atoms with Crippen LogP contribution in [0.15, 0.2) is 35.4 Å². The van der Waals surface area contributed by atoms with Crippen molar-refractivity contribution in [3.8, 4) is 0 Å². The first kappa shape index (κ1) is 11.4. The van der Waals surface area contributed by atoms with E-state index in [0.717, 1.165) is 10.7 Å². The molecule has 15 heavy (non-hydrogen) atoms. The lowest BCUT2D eigenvalue weighted by atomic mass is 10.2. The number of hydrogen-bond donors (Lipinski definition) is 1. The molecule has 1 rings (SSSR count). The molecule has 0 radical (unpaired) electrons. The van der Waals surface area contributed by atoms with Gasteiger partial charge in [-0.1, -0.05) is 35.4 Å². The van der Waals surface area contributed by atoms with Crippen LogP contribution < -0.4 is 5.73 Å². The summed E-state index contributed by atoms with van der Waals surface area (Å²) in [7, 11) is 1.42. The standard InChI is InChI=1S/C10H11N3OS/c1-14-13(10(11)15)12-8-7-9-5-3-2-4-6-9/h2-7H,1H3,(H2,11,15). The second kappa shape index (κ2) is 5.93. The van der Waals surface area contributed by atoms with Crippen molar-refractivity contribution in [2.75, 3.05) is 7.11 Å². The van der Waals surface area contributed by atoms with Gasteiger partial charge in [-0.15, -0.1) is 5.17 Å². The maximum Gasteiger partial charge on any atom is 0.216 e. The van der Waals surface area contributed by atoms with Crippen molar-refractivity contribution in [3.63, 3.8) is 0 Å². The van der Waals surface area contributed by atoms with Crippen molar-refractivity contribution >= 4 is 29.3 Å². The lowest BCUT2D eigenvalue weighted by molar-refractivity contribution is -0.0611. The van der Waals surface area contributed by atoms with Crippen molar-refractivity contribution in [1.82, 2.24) is 5.17 Å². The largest absolute Gasteiger partial charge is 0.373 e. The minimum atomic E-state index is 0.0338. The SMILES string of the molecule is CON(N=C=Cc1ccccc1)C(N)=S. The van der Waals surface area contributed by atoms with Gasteiger partial charge in [-0.25, -0.2) is 0 Å². The Kier molecular flexibility index (Phi) is 4.50. The number of hydrazone groups is 1. The van der Waals surface area contributed by atoms with E-state index in [4.69, 9.17) is 10.6 Å². The normalized spacial score (nSPS) is 8.87. The van der Waals surface area contributed by atoms with Gasteiger partial charge in [0.2, 0.25) is 5.11 Å². The molecule has 0 bridgehead atoms. The third-order valence-corrected chi connectivity index (χ3v) is 1.70. The Morgan fingerprint density at radius 3 is 2.73 bits per heavy atom. The van der Waals surface area contributed by atoms with Crippen molar-refractivity contribution < 1.29 is 4.84 Å². The van der Waals surface area contributed by atoms with E-state index in [9.17, 15) is 0 Å². The van der Waals surface area contributed by atoms with Crippen LogP contribution in [0.3, 0.4) is 0 Å². The predicted molar refractivity (Wildman–Crippen MR) is 64.0 cm³/mol. The molecular weight excluding hydrogens is 210 g/mol. The zero-order valence-corrected chi connectivity index (χ0v) is 9.07. The summed E-state index contributed by atoms with van der Waals surface area (Å²) < 4.78 is 0. The van der Waals surface area contributed by atoms with Crippen LogP contribution >= 0.6 is 12.2 Å². The minimum absolute atomic E-state index is 0.0338. The van der Waals surface area contributed by atoms with Gasteiger partial charge >= 0.3 is 0 Å². The quantitative estimate of drug-likeness (QED) is 0.476. The third-order valence-electron chi connectivity index (χ3n) is 1.54. The van der Waals surface area contributed by atoms with Gasteiger partial charge in [0.05, 0.1) is 7.11 Å². The molecular formula is C10H11N3OS. The summed E-state index contributed by atoms with van der Waals surface area (Å²) >= 11 is 4.68. The Morgan fingerprint density at radius 2 is 2.20 bits per heavy atom. The molecule has 0 unspecified atom stereocenters. The zero-order valence-electron chi connectivity index (χ0n) is 8.25. The Hall–Kier alpha value is -1.68. The van der Waals surface area contributed by atoms with Gasteiger partial charge in [0.15, 0.2) is 0 Å². The molecule has 0 aliphatic heterocycles. The van der Waals surface area contributed by atoms with E-state index in [2.05, 4.69) is 23.2 Å². The van der Waals surface area contributed by atoms with Crippen molar-refractivity contribution in [2.45, 2.75) is 0 Å². The summed E-state index contributed by atoms with van der Waals surface area (Å²) in [5, 5.41) is 4.82. The summed E-state index contributed by atoms with van der Waals surface area (Å²) in [5.41, 5.74) is 6.30. The molecule has 0 saturated heterocycles. The molecule has 0 amide bonds. The maximum absolute atomic E-state index is 5.31. The van der Waals surface area contributed by atoms with Gasteiger partial charge in [0.1, 0.15) is 0 Å². The number of hydrogen-bond acceptors (Lipinski definition) is 3. The topological polar surface area (TPSA) is 50.8 Å². The Labute approximate surface area is 93.6 Å². The van der Waals surface area contributed by atoms with Crippen molar-refractivity contribution in [2.24, 2.45) is 10.8 Å². The fourth-order valence-electron chi connectivity index (χ4n) is 0.885. The van der Waals surface area contributed by atoms with Crippen LogP contribution in [0.1, 0.15) is 5.56 Å². The highest BCUT2D eigenvalue weighted by molar-refractivity contribution is 7.80. The van der Waals surface area contributed by atoms with Gasteiger partial charge in [0, 0.05) is 11.9 Å². The smallest absolute Gasteiger partial charge is 0.216 e. The Balaban J connectivity index is 2.72. The molecule has 0 heterocycles. The fraction of sp³-hybridized carbons (Fsp3) is 0.100. The van der Waals surface area contributed by atoms with Gasteiger partial charge < -0.3 is 5.73 Å². The van der Waals surface area contributed by atoms with Gasteiger partial charge in [-0.3, -0.25) is 4.84 Å². The molecule has 0 spiro atoms. The van der Waals surface area contributed by atoms with E-state index in [1.807, 2.05) is 30.3 Å². The Bertz CT molecular complexity index is 385. The minimum Gasteiger partial charge on any atom is -0.373 e. The number of nitrogens with zero attached hydrogens (tertiary/aromatic N) is 2. The number of benzene rings is 1. The average molecular weight is 221 g/mol. The van der Waals surface area contributed by atoms with E-state index >= 15 is 0 Å². The Morgan fingerprint density at radius 1 is 1.53 bits per heavy atom. The molecule has 5 heteroatoms. The highest BCUT2D eigenvalue weighted by Crippen LogP contribution is 1.98. The highest BCUT2D eigenvalue weighted by atomic mass is 32.1. The van der Waals surface area contributed by atoms with E-state index in [1.54, 1.807) is 6.08 Å². The van der Waals surface area contributed by atoms with Crippen molar-refractivity contribution in [1.29, 1.82) is 0 Å². The summed E-state index contributed by atoms with van der Waals surface area (Å²) in [6.07, 6.45) is 1.70. The molecule has 4 nitrogen and oxygen atoms in total. The number of rotatable bonds is 3. The van der Waals surface area contributed by atoms with Gasteiger partial charge in [0.25, 0.3) is 0 Å². The monoisotopic (exact) mass is 221 g/mol. The molecule has 0 fully saturated rings. The molecule has 0 saturated carbocycles. The number of hydroxylamine groups is 1. The second-order valence-corrected chi connectivity index (χ2v) is 3.00. The third kappa shape index (κ3) is 3.91. The first-order valence-corrected chi connectivity index (χ1v) is 4.63. The van der Waals surface area contributed by atoms with Crippen LogP contribution in [0.2, 0.25) is 0 Å². The maximum atomic E-state index is 5.31. The van der Waals surface area contributed by atoms with Crippen LogP contribution in [0.4, 0.5) is 0 Å². The molecule has 0 aromatic heterocycles. The highest BCUT2D eigenvalue weighted by Gasteiger charge is 1.98. The molecule has 0 aliphatic rings. The average Bonchev–Trinajstić information content (AvgIpc) is 2.25.